The first-order valence-corrected chi connectivity index (χ1v) is 11.9. The van der Waals surface area contributed by atoms with Crippen molar-refractivity contribution in [2.45, 2.75) is 59.3 Å². The minimum atomic E-state index is -0.352. The smallest absolute Gasteiger partial charge is 0.341 e. The molecule has 8 heteroatoms. The van der Waals surface area contributed by atoms with E-state index in [2.05, 4.69) is 10.6 Å². The van der Waals surface area contributed by atoms with Gasteiger partial charge in [-0.2, -0.15) is 0 Å². The quantitative estimate of drug-likeness (QED) is 0.665. The minimum Gasteiger partial charge on any atom is -0.462 e. The number of carbonyl (C=O) groups is 3. The molecule has 1 fully saturated rings. The lowest BCUT2D eigenvalue weighted by atomic mass is 9.95. The van der Waals surface area contributed by atoms with Gasteiger partial charge < -0.3 is 15.0 Å². The van der Waals surface area contributed by atoms with Crippen LogP contribution in [-0.2, 0) is 22.4 Å². The van der Waals surface area contributed by atoms with Gasteiger partial charge in [0.2, 0.25) is 5.91 Å². The number of hydrogen-bond acceptors (Lipinski definition) is 5. The SMILES string of the molecule is CCOC(=O)c1c(NC(=O)NCC2CCN(C(=O)C(C)C)CC2)sc2c1CCCC2. The molecule has 0 radical (unpaired) electrons. The number of likely N-dealkylation sites (tertiary alicyclic amines) is 1. The van der Waals surface area contributed by atoms with Gasteiger partial charge in [0.1, 0.15) is 5.00 Å². The van der Waals surface area contributed by atoms with E-state index in [1.54, 1.807) is 6.92 Å². The van der Waals surface area contributed by atoms with Crippen molar-refractivity contribution in [2.75, 3.05) is 31.6 Å². The molecule has 30 heavy (non-hydrogen) atoms. The van der Waals surface area contributed by atoms with Gasteiger partial charge in [-0.15, -0.1) is 11.3 Å². The standard InChI is InChI=1S/C22H33N3O4S/c1-4-29-21(27)18-16-7-5-6-8-17(16)30-19(18)24-22(28)23-13-15-9-11-25(12-10-15)20(26)14(2)3/h14-15H,4-13H2,1-3H3,(H2,23,24,28). The summed E-state index contributed by atoms with van der Waals surface area (Å²) in [7, 11) is 0. The molecule has 0 spiro atoms. The summed E-state index contributed by atoms with van der Waals surface area (Å²) in [6.45, 7) is 8.00. The van der Waals surface area contributed by atoms with E-state index in [1.807, 2.05) is 18.7 Å². The van der Waals surface area contributed by atoms with E-state index in [4.69, 9.17) is 4.74 Å². The first kappa shape index (κ1) is 22.6. The van der Waals surface area contributed by atoms with Crippen LogP contribution < -0.4 is 10.6 Å². The summed E-state index contributed by atoms with van der Waals surface area (Å²) in [5, 5.41) is 6.43. The largest absolute Gasteiger partial charge is 0.462 e. The van der Waals surface area contributed by atoms with E-state index in [-0.39, 0.29) is 23.8 Å². The highest BCUT2D eigenvalue weighted by Crippen LogP contribution is 2.38. The maximum Gasteiger partial charge on any atom is 0.341 e. The van der Waals surface area contributed by atoms with Crippen LogP contribution in [0.2, 0.25) is 0 Å². The van der Waals surface area contributed by atoms with Gasteiger partial charge in [0.15, 0.2) is 0 Å². The summed E-state index contributed by atoms with van der Waals surface area (Å²) < 4.78 is 5.24. The van der Waals surface area contributed by atoms with Crippen LogP contribution in [-0.4, -0.2) is 49.0 Å². The van der Waals surface area contributed by atoms with Gasteiger partial charge in [-0.05, 0) is 56.9 Å². The Bertz CT molecular complexity index is 782. The average Bonchev–Trinajstić information content (AvgIpc) is 3.10. The number of fused-ring (bicyclic) bond motifs is 1. The molecule has 7 nitrogen and oxygen atoms in total. The molecule has 1 aliphatic heterocycles. The number of ether oxygens (including phenoxy) is 1. The molecule has 0 unspecified atom stereocenters. The first-order valence-electron chi connectivity index (χ1n) is 11.1. The van der Waals surface area contributed by atoms with E-state index in [0.717, 1.165) is 57.2 Å². The third-order valence-corrected chi connectivity index (χ3v) is 7.06. The van der Waals surface area contributed by atoms with Gasteiger partial charge >= 0.3 is 12.0 Å². The number of thiophene rings is 1. The number of nitrogens with one attached hydrogen (secondary N) is 2. The Balaban J connectivity index is 1.55. The Labute approximate surface area is 182 Å². The molecule has 0 atom stereocenters. The van der Waals surface area contributed by atoms with E-state index in [0.29, 0.717) is 29.6 Å². The number of urea groups is 1. The molecular weight excluding hydrogens is 402 g/mol. The normalized spacial score (nSPS) is 16.9. The van der Waals surface area contributed by atoms with Crippen LogP contribution in [0.1, 0.15) is 67.3 Å². The fraction of sp³-hybridized carbons (Fsp3) is 0.682. The maximum atomic E-state index is 12.5. The number of amides is 3. The summed E-state index contributed by atoms with van der Waals surface area (Å²) in [5.74, 6) is 0.227. The van der Waals surface area contributed by atoms with Crippen LogP contribution in [0.25, 0.3) is 0 Å². The molecule has 2 heterocycles. The fourth-order valence-electron chi connectivity index (χ4n) is 4.18. The van der Waals surface area contributed by atoms with Crippen LogP contribution >= 0.6 is 11.3 Å². The Hall–Kier alpha value is -2.09. The predicted molar refractivity (Wildman–Crippen MR) is 118 cm³/mol. The van der Waals surface area contributed by atoms with Crippen molar-refractivity contribution in [2.24, 2.45) is 11.8 Å². The van der Waals surface area contributed by atoms with Crippen molar-refractivity contribution in [3.63, 3.8) is 0 Å². The molecule has 0 bridgehead atoms. The van der Waals surface area contributed by atoms with E-state index in [9.17, 15) is 14.4 Å². The van der Waals surface area contributed by atoms with E-state index >= 15 is 0 Å². The van der Waals surface area contributed by atoms with Gasteiger partial charge in [0.05, 0.1) is 12.2 Å². The highest BCUT2D eigenvalue weighted by atomic mass is 32.1. The number of piperidine rings is 1. The average molecular weight is 436 g/mol. The van der Waals surface area contributed by atoms with Gasteiger partial charge in [0.25, 0.3) is 0 Å². The zero-order chi connectivity index (χ0) is 21.7. The zero-order valence-corrected chi connectivity index (χ0v) is 19.0. The number of anilines is 1. The van der Waals surface area contributed by atoms with Gasteiger partial charge in [-0.3, -0.25) is 10.1 Å². The minimum absolute atomic E-state index is 0.0238. The zero-order valence-electron chi connectivity index (χ0n) is 18.2. The maximum absolute atomic E-state index is 12.5. The number of esters is 1. The molecule has 3 rings (SSSR count). The highest BCUT2D eigenvalue weighted by Gasteiger charge is 2.28. The third kappa shape index (κ3) is 5.33. The Kier molecular flexibility index (Phi) is 7.75. The van der Waals surface area contributed by atoms with Crippen LogP contribution in [0.15, 0.2) is 0 Å². The monoisotopic (exact) mass is 435 g/mol. The molecule has 0 saturated carbocycles. The lowest BCUT2D eigenvalue weighted by Crippen LogP contribution is -2.43. The molecule has 166 valence electrons. The molecule has 2 N–H and O–H groups in total. The topological polar surface area (TPSA) is 87.7 Å². The number of rotatable bonds is 6. The summed E-state index contributed by atoms with van der Waals surface area (Å²) in [4.78, 5) is 40.2. The number of carbonyl (C=O) groups excluding carboxylic acids is 3. The summed E-state index contributed by atoms with van der Waals surface area (Å²) in [6, 6.07) is -0.292. The van der Waals surface area contributed by atoms with Crippen molar-refractivity contribution >= 4 is 34.2 Å². The summed E-state index contributed by atoms with van der Waals surface area (Å²) in [6.07, 6.45) is 5.75. The molecule has 1 saturated heterocycles. The van der Waals surface area contributed by atoms with Crippen LogP contribution in [0.4, 0.5) is 9.80 Å². The second kappa shape index (κ2) is 10.3. The van der Waals surface area contributed by atoms with Crippen LogP contribution in [0.5, 0.6) is 0 Å². The Morgan fingerprint density at radius 2 is 1.87 bits per heavy atom. The van der Waals surface area contributed by atoms with Crippen molar-refractivity contribution in [1.29, 1.82) is 0 Å². The van der Waals surface area contributed by atoms with Crippen molar-refractivity contribution in [3.05, 3.63) is 16.0 Å². The number of nitrogens with zero attached hydrogens (tertiary/aromatic N) is 1. The van der Waals surface area contributed by atoms with Crippen molar-refractivity contribution in [3.8, 4) is 0 Å². The van der Waals surface area contributed by atoms with E-state index in [1.165, 1.54) is 16.2 Å². The molecule has 1 aromatic rings. The van der Waals surface area contributed by atoms with Crippen LogP contribution in [0, 0.1) is 11.8 Å². The van der Waals surface area contributed by atoms with E-state index < -0.39 is 0 Å². The molecule has 1 aromatic heterocycles. The molecular formula is C22H33N3O4S. The van der Waals surface area contributed by atoms with Crippen molar-refractivity contribution in [1.82, 2.24) is 10.2 Å². The molecule has 2 aliphatic rings. The number of aryl methyl sites for hydroxylation is 1. The van der Waals surface area contributed by atoms with Crippen molar-refractivity contribution < 1.29 is 19.1 Å². The number of hydrogen-bond donors (Lipinski definition) is 2. The second-order valence-corrected chi connectivity index (χ2v) is 9.50. The highest BCUT2D eigenvalue weighted by molar-refractivity contribution is 7.17. The Morgan fingerprint density at radius 3 is 2.53 bits per heavy atom. The predicted octanol–water partition coefficient (Wildman–Crippen LogP) is 3.82. The molecule has 1 aliphatic carbocycles. The lowest BCUT2D eigenvalue weighted by molar-refractivity contribution is -0.135. The van der Waals surface area contributed by atoms with Gasteiger partial charge in [-0.1, -0.05) is 13.8 Å². The Morgan fingerprint density at radius 1 is 1.17 bits per heavy atom. The first-order chi connectivity index (χ1) is 14.4. The summed E-state index contributed by atoms with van der Waals surface area (Å²) in [5.41, 5.74) is 1.58. The van der Waals surface area contributed by atoms with Crippen LogP contribution in [0.3, 0.4) is 0 Å². The molecule has 0 aromatic carbocycles. The lowest BCUT2D eigenvalue weighted by Gasteiger charge is -2.33. The fourth-order valence-corrected chi connectivity index (χ4v) is 5.45. The third-order valence-electron chi connectivity index (χ3n) is 5.85. The van der Waals surface area contributed by atoms with Gasteiger partial charge in [0, 0.05) is 30.4 Å². The second-order valence-electron chi connectivity index (χ2n) is 8.39. The molecule has 3 amide bonds. The van der Waals surface area contributed by atoms with Gasteiger partial charge in [-0.25, -0.2) is 9.59 Å². The summed E-state index contributed by atoms with van der Waals surface area (Å²) >= 11 is 1.50.